The average Bonchev–Trinajstić information content (AvgIpc) is 2.98. The number of halogens is 1. The van der Waals surface area contributed by atoms with Gasteiger partial charge in [0.15, 0.2) is 11.5 Å². The molecule has 9 heteroatoms. The maximum atomic E-state index is 12.3. The number of hydrogen-bond donors (Lipinski definition) is 1. The van der Waals surface area contributed by atoms with Crippen LogP contribution in [0.25, 0.3) is 0 Å². The van der Waals surface area contributed by atoms with Crippen LogP contribution in [-0.2, 0) is 9.47 Å². The van der Waals surface area contributed by atoms with Gasteiger partial charge in [0, 0.05) is 16.3 Å². The molecule has 0 aliphatic carbocycles. The lowest BCUT2D eigenvalue weighted by Gasteiger charge is -2.07. The van der Waals surface area contributed by atoms with E-state index in [9.17, 15) is 14.7 Å². The highest BCUT2D eigenvalue weighted by molar-refractivity contribution is 9.10. The van der Waals surface area contributed by atoms with Crippen LogP contribution < -0.4 is 4.74 Å². The van der Waals surface area contributed by atoms with E-state index in [0.29, 0.717) is 15.6 Å². The van der Waals surface area contributed by atoms with Crippen molar-refractivity contribution in [2.24, 2.45) is 4.99 Å². The van der Waals surface area contributed by atoms with Crippen LogP contribution in [0.3, 0.4) is 0 Å². The highest BCUT2D eigenvalue weighted by Crippen LogP contribution is 2.37. The average molecular weight is 456 g/mol. The molecule has 1 N–H and O–H groups in total. The number of aliphatic imine (C=N–C) groups is 1. The van der Waals surface area contributed by atoms with Crippen LogP contribution in [0.15, 0.2) is 21.6 Å². The quantitative estimate of drug-likeness (QED) is 0.516. The smallest absolute Gasteiger partial charge is 0.348 e. The molecule has 0 fully saturated rings. The lowest BCUT2D eigenvalue weighted by atomic mass is 10.1. The molecular weight excluding hydrogens is 438 g/mol. The first-order chi connectivity index (χ1) is 12.8. The van der Waals surface area contributed by atoms with Crippen molar-refractivity contribution in [3.05, 3.63) is 38.2 Å². The summed E-state index contributed by atoms with van der Waals surface area (Å²) in [6, 6.07) is 3.26. The van der Waals surface area contributed by atoms with Crippen LogP contribution >= 0.6 is 27.3 Å². The fourth-order valence-corrected chi connectivity index (χ4v) is 3.81. The number of methoxy groups -OCH3 is 2. The summed E-state index contributed by atoms with van der Waals surface area (Å²) in [6.07, 6.45) is 1.39. The summed E-state index contributed by atoms with van der Waals surface area (Å²) in [5.41, 5.74) is 1.01. The predicted molar refractivity (Wildman–Crippen MR) is 106 cm³/mol. The largest absolute Gasteiger partial charge is 0.504 e. The number of aromatic hydroxyl groups is 1. The van der Waals surface area contributed by atoms with Crippen molar-refractivity contribution < 1.29 is 28.9 Å². The van der Waals surface area contributed by atoms with E-state index in [1.165, 1.54) is 20.4 Å². The molecule has 7 nitrogen and oxygen atoms in total. The molecular formula is C18H18BrNO6S. The van der Waals surface area contributed by atoms with E-state index in [1.54, 1.807) is 26.0 Å². The molecule has 0 radical (unpaired) electrons. The summed E-state index contributed by atoms with van der Waals surface area (Å²) >= 11 is 4.35. The standard InChI is InChI=1S/C18H18BrNO6S/c1-5-26-17(22)13-9(2)15(18(23)25-4)27-16(13)20-8-10-6-11(19)7-12(24-3)14(10)21/h6-8,21H,5H2,1-4H3. The second-order valence-electron chi connectivity index (χ2n) is 5.25. The first-order valence-corrected chi connectivity index (χ1v) is 9.44. The summed E-state index contributed by atoms with van der Waals surface area (Å²) in [6.45, 7) is 3.51. The van der Waals surface area contributed by atoms with Gasteiger partial charge in [-0.2, -0.15) is 0 Å². The maximum absolute atomic E-state index is 12.3. The normalized spacial score (nSPS) is 10.9. The van der Waals surface area contributed by atoms with Crippen LogP contribution in [0.4, 0.5) is 5.00 Å². The fraction of sp³-hybridized carbons (Fsp3) is 0.278. The molecule has 0 aliphatic heterocycles. The van der Waals surface area contributed by atoms with Crippen molar-refractivity contribution in [3.8, 4) is 11.5 Å². The first kappa shape index (κ1) is 20.9. The van der Waals surface area contributed by atoms with Gasteiger partial charge in [0.1, 0.15) is 15.4 Å². The Balaban J connectivity index is 2.55. The van der Waals surface area contributed by atoms with Crippen LogP contribution in [0.1, 0.15) is 38.1 Å². The summed E-state index contributed by atoms with van der Waals surface area (Å²) < 4.78 is 15.6. The van der Waals surface area contributed by atoms with Gasteiger partial charge < -0.3 is 19.3 Å². The second kappa shape index (κ2) is 9.01. The number of benzene rings is 1. The van der Waals surface area contributed by atoms with Gasteiger partial charge in [-0.3, -0.25) is 0 Å². The number of hydrogen-bond acceptors (Lipinski definition) is 8. The third-order valence-electron chi connectivity index (χ3n) is 3.59. The van der Waals surface area contributed by atoms with Gasteiger partial charge in [0.25, 0.3) is 0 Å². The summed E-state index contributed by atoms with van der Waals surface area (Å²) in [4.78, 5) is 28.9. The Morgan fingerprint density at radius 1 is 1.30 bits per heavy atom. The van der Waals surface area contributed by atoms with E-state index in [2.05, 4.69) is 20.9 Å². The third kappa shape index (κ3) is 4.48. The minimum atomic E-state index is -0.579. The second-order valence-corrected chi connectivity index (χ2v) is 7.17. The number of rotatable bonds is 6. The summed E-state index contributed by atoms with van der Waals surface area (Å²) in [7, 11) is 2.70. The van der Waals surface area contributed by atoms with Gasteiger partial charge in [0.05, 0.1) is 20.8 Å². The lowest BCUT2D eigenvalue weighted by Crippen LogP contribution is -2.07. The molecule has 27 heavy (non-hydrogen) atoms. The molecule has 2 aromatic rings. The number of carbonyl (C=O) groups excluding carboxylic acids is 2. The molecule has 2 rings (SSSR count). The van der Waals surface area contributed by atoms with E-state index in [4.69, 9.17) is 14.2 Å². The van der Waals surface area contributed by atoms with E-state index >= 15 is 0 Å². The molecule has 0 saturated heterocycles. The number of esters is 2. The topological polar surface area (TPSA) is 94.4 Å². The van der Waals surface area contributed by atoms with Crippen LogP contribution in [0, 0.1) is 6.92 Å². The van der Waals surface area contributed by atoms with Gasteiger partial charge in [-0.1, -0.05) is 15.9 Å². The Kier molecular flexibility index (Phi) is 6.98. The molecule has 0 aliphatic rings. The monoisotopic (exact) mass is 455 g/mol. The highest BCUT2D eigenvalue weighted by atomic mass is 79.9. The highest BCUT2D eigenvalue weighted by Gasteiger charge is 2.25. The minimum absolute atomic E-state index is 0.0939. The van der Waals surface area contributed by atoms with Crippen molar-refractivity contribution in [1.29, 1.82) is 0 Å². The predicted octanol–water partition coefficient (Wildman–Crippen LogP) is 4.25. The minimum Gasteiger partial charge on any atom is -0.504 e. The van der Waals surface area contributed by atoms with Crippen molar-refractivity contribution in [2.45, 2.75) is 13.8 Å². The summed E-state index contributed by atoms with van der Waals surface area (Å²) in [5, 5.41) is 10.5. The number of nitrogens with zero attached hydrogens (tertiary/aromatic N) is 1. The van der Waals surface area contributed by atoms with E-state index < -0.39 is 11.9 Å². The molecule has 1 aromatic heterocycles. The Bertz CT molecular complexity index is 906. The van der Waals surface area contributed by atoms with Crippen molar-refractivity contribution in [1.82, 2.24) is 0 Å². The van der Waals surface area contributed by atoms with Crippen LogP contribution in [0.2, 0.25) is 0 Å². The Morgan fingerprint density at radius 3 is 2.59 bits per heavy atom. The molecule has 0 amide bonds. The molecule has 0 unspecified atom stereocenters. The number of thiophene rings is 1. The number of phenols is 1. The van der Waals surface area contributed by atoms with E-state index in [0.717, 1.165) is 11.3 Å². The zero-order valence-corrected chi connectivity index (χ0v) is 17.6. The number of carbonyl (C=O) groups is 2. The van der Waals surface area contributed by atoms with Crippen LogP contribution in [0.5, 0.6) is 11.5 Å². The van der Waals surface area contributed by atoms with Crippen molar-refractivity contribution in [2.75, 3.05) is 20.8 Å². The Morgan fingerprint density at radius 2 is 2.00 bits per heavy atom. The fourth-order valence-electron chi connectivity index (χ4n) is 2.30. The lowest BCUT2D eigenvalue weighted by molar-refractivity contribution is 0.0527. The first-order valence-electron chi connectivity index (χ1n) is 7.83. The number of phenolic OH excluding ortho intramolecular Hbond substituents is 1. The van der Waals surface area contributed by atoms with Crippen molar-refractivity contribution in [3.63, 3.8) is 0 Å². The zero-order valence-electron chi connectivity index (χ0n) is 15.2. The van der Waals surface area contributed by atoms with Gasteiger partial charge in [-0.25, -0.2) is 14.6 Å². The van der Waals surface area contributed by atoms with E-state index in [-0.39, 0.29) is 33.5 Å². The SMILES string of the molecule is CCOC(=O)c1c(N=Cc2cc(Br)cc(OC)c2O)sc(C(=O)OC)c1C. The zero-order chi connectivity index (χ0) is 20.1. The molecule has 0 spiro atoms. The molecule has 0 bridgehead atoms. The number of ether oxygens (including phenoxy) is 3. The summed E-state index contributed by atoms with van der Waals surface area (Å²) in [5.74, 6) is -0.960. The maximum Gasteiger partial charge on any atom is 0.348 e. The van der Waals surface area contributed by atoms with Crippen LogP contribution in [-0.4, -0.2) is 44.1 Å². The van der Waals surface area contributed by atoms with Crippen molar-refractivity contribution >= 4 is 50.4 Å². The molecule has 0 saturated carbocycles. The Hall–Kier alpha value is -2.39. The molecule has 144 valence electrons. The van der Waals surface area contributed by atoms with Gasteiger partial charge >= 0.3 is 11.9 Å². The molecule has 0 atom stereocenters. The Labute approximate surface area is 168 Å². The molecule has 1 heterocycles. The molecule has 1 aromatic carbocycles. The van der Waals surface area contributed by atoms with Gasteiger partial charge in [0.2, 0.25) is 0 Å². The van der Waals surface area contributed by atoms with Gasteiger partial charge in [-0.15, -0.1) is 11.3 Å². The van der Waals surface area contributed by atoms with E-state index in [1.807, 2.05) is 0 Å². The van der Waals surface area contributed by atoms with Gasteiger partial charge in [-0.05, 0) is 31.5 Å². The third-order valence-corrected chi connectivity index (χ3v) is 5.23.